The first kappa shape index (κ1) is 26.4. The average Bonchev–Trinajstić information content (AvgIpc) is 2.95. The molecule has 5 rings (SSSR count). The van der Waals surface area contributed by atoms with Gasteiger partial charge in [0, 0.05) is 37.8 Å². The summed E-state index contributed by atoms with van der Waals surface area (Å²) < 4.78 is 39.7. The number of rotatable bonds is 6. The van der Waals surface area contributed by atoms with E-state index in [2.05, 4.69) is 34.1 Å². The van der Waals surface area contributed by atoms with Crippen molar-refractivity contribution < 1.29 is 18.0 Å². The van der Waals surface area contributed by atoms with Crippen molar-refractivity contribution in [2.24, 2.45) is 0 Å². The number of piperazine rings is 1. The highest BCUT2D eigenvalue weighted by atomic mass is 19.4. The summed E-state index contributed by atoms with van der Waals surface area (Å²) in [5.41, 5.74) is 1.80. The Labute approximate surface area is 224 Å². The van der Waals surface area contributed by atoms with E-state index in [9.17, 15) is 22.8 Å². The Morgan fingerprint density at radius 1 is 0.821 bits per heavy atom. The maximum absolute atomic E-state index is 13.0. The SMILES string of the molecule is O=C(Cn1cnc(-c2ccc(C(F)(F)F)cc2)cc1=O)N1CCN(C(c2ccccc2)c2ccccc2)CC1. The lowest BCUT2D eigenvalue weighted by Gasteiger charge is -2.39. The predicted molar refractivity (Wildman–Crippen MR) is 142 cm³/mol. The van der Waals surface area contributed by atoms with Crippen LogP contribution in [-0.4, -0.2) is 51.4 Å². The summed E-state index contributed by atoms with van der Waals surface area (Å²) in [6, 6.07) is 26.3. The normalized spacial score (nSPS) is 14.5. The summed E-state index contributed by atoms with van der Waals surface area (Å²) in [7, 11) is 0. The maximum atomic E-state index is 13.0. The molecule has 0 aliphatic carbocycles. The molecule has 1 aromatic heterocycles. The summed E-state index contributed by atoms with van der Waals surface area (Å²) >= 11 is 0. The summed E-state index contributed by atoms with van der Waals surface area (Å²) in [6.45, 7) is 2.27. The highest BCUT2D eigenvalue weighted by Crippen LogP contribution is 2.31. The van der Waals surface area contributed by atoms with E-state index in [1.807, 2.05) is 36.4 Å². The molecule has 1 saturated heterocycles. The van der Waals surface area contributed by atoms with Crippen LogP contribution in [0.2, 0.25) is 0 Å². The number of alkyl halides is 3. The van der Waals surface area contributed by atoms with Gasteiger partial charge in [-0.05, 0) is 23.3 Å². The van der Waals surface area contributed by atoms with Gasteiger partial charge < -0.3 is 4.90 Å². The number of aromatic nitrogens is 2. The van der Waals surface area contributed by atoms with E-state index in [1.54, 1.807) is 4.90 Å². The molecule has 0 radical (unpaired) electrons. The second-order valence-corrected chi connectivity index (χ2v) is 9.46. The molecule has 200 valence electrons. The van der Waals surface area contributed by atoms with Crippen LogP contribution in [0.3, 0.4) is 0 Å². The predicted octanol–water partition coefficient (Wildman–Crippen LogP) is 4.86. The first-order chi connectivity index (χ1) is 18.8. The molecule has 1 amide bonds. The lowest BCUT2D eigenvalue weighted by Crippen LogP contribution is -2.51. The van der Waals surface area contributed by atoms with Gasteiger partial charge in [0.15, 0.2) is 0 Å². The average molecular weight is 533 g/mol. The molecule has 0 N–H and O–H groups in total. The second kappa shape index (κ2) is 11.2. The number of halogens is 3. The van der Waals surface area contributed by atoms with E-state index in [0.717, 1.165) is 12.1 Å². The van der Waals surface area contributed by atoms with Crippen LogP contribution in [0.25, 0.3) is 11.3 Å². The van der Waals surface area contributed by atoms with Crippen molar-refractivity contribution in [3.8, 4) is 11.3 Å². The Bertz CT molecular complexity index is 1420. The first-order valence-corrected chi connectivity index (χ1v) is 12.7. The quantitative estimate of drug-likeness (QED) is 0.356. The van der Waals surface area contributed by atoms with Gasteiger partial charge >= 0.3 is 6.18 Å². The van der Waals surface area contributed by atoms with Crippen molar-refractivity contribution >= 4 is 5.91 Å². The third-order valence-corrected chi connectivity index (χ3v) is 6.96. The van der Waals surface area contributed by atoms with Gasteiger partial charge in [-0.15, -0.1) is 0 Å². The Morgan fingerprint density at radius 3 is 1.90 bits per heavy atom. The Morgan fingerprint density at radius 2 is 1.38 bits per heavy atom. The van der Waals surface area contributed by atoms with Crippen LogP contribution in [0.1, 0.15) is 22.7 Å². The van der Waals surface area contributed by atoms with Crippen molar-refractivity contribution in [3.05, 3.63) is 124 Å². The lowest BCUT2D eigenvalue weighted by molar-refractivity contribution is -0.137. The Balaban J connectivity index is 1.23. The zero-order valence-electron chi connectivity index (χ0n) is 21.1. The molecular weight excluding hydrogens is 505 g/mol. The maximum Gasteiger partial charge on any atom is 0.416 e. The van der Waals surface area contributed by atoms with Gasteiger partial charge in [-0.3, -0.25) is 19.1 Å². The second-order valence-electron chi connectivity index (χ2n) is 9.46. The van der Waals surface area contributed by atoms with Gasteiger partial charge in [0.1, 0.15) is 6.54 Å². The summed E-state index contributed by atoms with van der Waals surface area (Å²) in [4.78, 5) is 34.0. The summed E-state index contributed by atoms with van der Waals surface area (Å²) in [5.74, 6) is -0.184. The molecule has 1 aliphatic rings. The third kappa shape index (κ3) is 6.09. The third-order valence-electron chi connectivity index (χ3n) is 6.96. The fourth-order valence-electron chi connectivity index (χ4n) is 4.89. The number of carbonyl (C=O) groups is 1. The van der Waals surface area contributed by atoms with Crippen molar-refractivity contribution in [3.63, 3.8) is 0 Å². The van der Waals surface area contributed by atoms with Gasteiger partial charge in [-0.1, -0.05) is 72.8 Å². The van der Waals surface area contributed by atoms with E-state index in [-0.39, 0.29) is 24.2 Å². The summed E-state index contributed by atoms with van der Waals surface area (Å²) in [6.07, 6.45) is -3.17. The van der Waals surface area contributed by atoms with E-state index in [4.69, 9.17) is 0 Å². The standard InChI is InChI=1S/C30H27F3N4O2/c31-30(32,33)25-13-11-22(12-14-25)26-19-27(38)37(21-34-26)20-28(39)35-15-17-36(18-16-35)29(23-7-3-1-4-8-23)24-9-5-2-6-10-24/h1-14,19,21,29H,15-18,20H2. The Hall–Kier alpha value is -4.24. The molecule has 9 heteroatoms. The molecule has 0 atom stereocenters. The molecule has 3 aromatic carbocycles. The molecule has 2 heterocycles. The minimum absolute atomic E-state index is 0.0780. The van der Waals surface area contributed by atoms with Crippen LogP contribution in [-0.2, 0) is 17.5 Å². The topological polar surface area (TPSA) is 58.4 Å². The molecule has 0 spiro atoms. The van der Waals surface area contributed by atoms with E-state index < -0.39 is 17.3 Å². The number of amides is 1. The molecular formula is C30H27F3N4O2. The lowest BCUT2D eigenvalue weighted by atomic mass is 9.96. The highest BCUT2D eigenvalue weighted by Gasteiger charge is 2.30. The monoisotopic (exact) mass is 532 g/mol. The number of nitrogens with zero attached hydrogens (tertiary/aromatic N) is 4. The molecule has 39 heavy (non-hydrogen) atoms. The molecule has 1 aliphatic heterocycles. The van der Waals surface area contributed by atoms with Gasteiger partial charge in [-0.25, -0.2) is 4.98 Å². The van der Waals surface area contributed by atoms with Crippen molar-refractivity contribution in [2.75, 3.05) is 26.2 Å². The van der Waals surface area contributed by atoms with E-state index in [1.165, 1.54) is 40.2 Å². The number of hydrogen-bond acceptors (Lipinski definition) is 4. The van der Waals surface area contributed by atoms with Gasteiger partial charge in [-0.2, -0.15) is 13.2 Å². The first-order valence-electron chi connectivity index (χ1n) is 12.7. The minimum Gasteiger partial charge on any atom is -0.339 e. The molecule has 4 aromatic rings. The zero-order valence-corrected chi connectivity index (χ0v) is 21.1. The van der Waals surface area contributed by atoms with Crippen LogP contribution in [0.4, 0.5) is 13.2 Å². The smallest absolute Gasteiger partial charge is 0.339 e. The summed E-state index contributed by atoms with van der Waals surface area (Å²) in [5, 5.41) is 0. The van der Waals surface area contributed by atoms with E-state index in [0.29, 0.717) is 31.7 Å². The number of carbonyl (C=O) groups excluding carboxylic acids is 1. The fraction of sp³-hybridized carbons (Fsp3) is 0.233. The highest BCUT2D eigenvalue weighted by molar-refractivity contribution is 5.76. The van der Waals surface area contributed by atoms with Gasteiger partial charge in [0.05, 0.1) is 23.6 Å². The van der Waals surface area contributed by atoms with Crippen molar-refractivity contribution in [1.82, 2.24) is 19.4 Å². The molecule has 0 saturated carbocycles. The number of benzene rings is 3. The Kier molecular flexibility index (Phi) is 7.60. The van der Waals surface area contributed by atoms with Crippen molar-refractivity contribution in [1.29, 1.82) is 0 Å². The molecule has 0 bridgehead atoms. The van der Waals surface area contributed by atoms with Crippen molar-refractivity contribution in [2.45, 2.75) is 18.8 Å². The van der Waals surface area contributed by atoms with E-state index >= 15 is 0 Å². The zero-order chi connectivity index (χ0) is 27.4. The molecule has 0 unspecified atom stereocenters. The molecule has 1 fully saturated rings. The van der Waals surface area contributed by atoms with Crippen LogP contribution >= 0.6 is 0 Å². The largest absolute Gasteiger partial charge is 0.416 e. The molecule has 6 nitrogen and oxygen atoms in total. The van der Waals surface area contributed by atoms with Gasteiger partial charge in [0.2, 0.25) is 5.91 Å². The minimum atomic E-state index is -4.44. The van der Waals surface area contributed by atoms with Crippen LogP contribution < -0.4 is 5.56 Å². The van der Waals surface area contributed by atoms with Crippen LogP contribution in [0, 0.1) is 0 Å². The van der Waals surface area contributed by atoms with Crippen LogP contribution in [0.15, 0.2) is 102 Å². The number of hydrogen-bond donors (Lipinski definition) is 0. The van der Waals surface area contributed by atoms with Crippen LogP contribution in [0.5, 0.6) is 0 Å². The fourth-order valence-corrected chi connectivity index (χ4v) is 4.89. The van der Waals surface area contributed by atoms with Gasteiger partial charge in [0.25, 0.3) is 5.56 Å².